The highest BCUT2D eigenvalue weighted by Crippen LogP contribution is 2.31. The molecule has 3 aromatic heterocycles. The molecule has 9 nitrogen and oxygen atoms in total. The molecule has 28 heavy (non-hydrogen) atoms. The van der Waals surface area contributed by atoms with Crippen LogP contribution in [0.15, 0.2) is 41.7 Å². The number of H-pyrrole nitrogens is 1. The molecule has 4 aromatic rings. The van der Waals surface area contributed by atoms with Gasteiger partial charge in [0.1, 0.15) is 11.1 Å². The van der Waals surface area contributed by atoms with Crippen LogP contribution in [0.2, 0.25) is 0 Å². The molecule has 4 rings (SSSR count). The maximum Gasteiger partial charge on any atom is 0.175 e. The van der Waals surface area contributed by atoms with Gasteiger partial charge in [0, 0.05) is 17.0 Å². The Morgan fingerprint density at radius 1 is 1.25 bits per heavy atom. The number of rotatable bonds is 4. The molecule has 0 aliphatic rings. The van der Waals surface area contributed by atoms with E-state index in [0.29, 0.717) is 22.5 Å². The molecule has 0 saturated heterocycles. The van der Waals surface area contributed by atoms with Crippen LogP contribution in [-0.4, -0.2) is 39.6 Å². The highest BCUT2D eigenvalue weighted by atomic mass is 32.2. The molecule has 10 heteroatoms. The molecule has 0 aliphatic carbocycles. The van der Waals surface area contributed by atoms with Gasteiger partial charge in [-0.2, -0.15) is 15.5 Å². The molecule has 0 amide bonds. The Morgan fingerprint density at radius 3 is 2.75 bits per heavy atom. The Bertz CT molecular complexity index is 1360. The van der Waals surface area contributed by atoms with Gasteiger partial charge in [0.2, 0.25) is 0 Å². The molecule has 0 radical (unpaired) electrons. The second-order valence-electron chi connectivity index (χ2n) is 7.04. The van der Waals surface area contributed by atoms with E-state index in [1.54, 1.807) is 55.3 Å². The van der Waals surface area contributed by atoms with Gasteiger partial charge < -0.3 is 5.32 Å². The van der Waals surface area contributed by atoms with Crippen LogP contribution in [0, 0.1) is 11.3 Å². The third kappa shape index (κ3) is 2.95. The molecular formula is C18H17N7O2S. The fraction of sp³-hybridized carbons (Fsp3) is 0.222. The van der Waals surface area contributed by atoms with Crippen molar-refractivity contribution in [1.29, 1.82) is 5.26 Å². The number of aromatic nitrogens is 5. The molecule has 142 valence electrons. The van der Waals surface area contributed by atoms with Crippen molar-refractivity contribution in [3.63, 3.8) is 0 Å². The molecule has 0 spiro atoms. The Hall–Kier alpha value is -3.45. The Labute approximate surface area is 160 Å². The van der Waals surface area contributed by atoms with E-state index in [4.69, 9.17) is 0 Å². The van der Waals surface area contributed by atoms with Crippen LogP contribution in [0.5, 0.6) is 0 Å². The van der Waals surface area contributed by atoms with Gasteiger partial charge in [-0.15, -0.1) is 0 Å². The van der Waals surface area contributed by atoms with Gasteiger partial charge in [-0.3, -0.25) is 9.78 Å². The molecule has 0 bridgehead atoms. The molecule has 0 aliphatic heterocycles. The number of nitrogens with one attached hydrogen (secondary N) is 2. The number of fused-ring (bicyclic) bond motifs is 3. The SMILES string of the molecule is CC(C)(C#N)n1cc(Nc2nc3cc(S(C)(=O)=O)ccc3c3cn[nH]c23)cn1. The average Bonchev–Trinajstić information content (AvgIpc) is 3.30. The minimum Gasteiger partial charge on any atom is -0.336 e. The predicted molar refractivity (Wildman–Crippen MR) is 105 cm³/mol. The van der Waals surface area contributed by atoms with Gasteiger partial charge in [-0.1, -0.05) is 6.07 Å². The van der Waals surface area contributed by atoms with Gasteiger partial charge in [0.15, 0.2) is 15.7 Å². The van der Waals surface area contributed by atoms with E-state index in [1.165, 1.54) is 0 Å². The molecule has 0 unspecified atom stereocenters. The van der Waals surface area contributed by atoms with Crippen LogP contribution in [0.4, 0.5) is 11.5 Å². The summed E-state index contributed by atoms with van der Waals surface area (Å²) < 4.78 is 25.3. The van der Waals surface area contributed by atoms with E-state index < -0.39 is 15.4 Å². The fourth-order valence-electron chi connectivity index (χ4n) is 2.88. The number of pyridine rings is 1. The lowest BCUT2D eigenvalue weighted by molar-refractivity contribution is 0.419. The first kappa shape index (κ1) is 17.9. The van der Waals surface area contributed by atoms with E-state index in [9.17, 15) is 13.7 Å². The molecule has 2 N–H and O–H groups in total. The summed E-state index contributed by atoms with van der Waals surface area (Å²) in [5.74, 6) is 0.486. The van der Waals surface area contributed by atoms with Crippen LogP contribution in [-0.2, 0) is 15.4 Å². The highest BCUT2D eigenvalue weighted by Gasteiger charge is 2.21. The zero-order valence-electron chi connectivity index (χ0n) is 15.4. The van der Waals surface area contributed by atoms with Crippen molar-refractivity contribution < 1.29 is 8.42 Å². The van der Waals surface area contributed by atoms with Crippen molar-refractivity contribution >= 4 is 43.1 Å². The smallest absolute Gasteiger partial charge is 0.175 e. The second-order valence-corrected chi connectivity index (χ2v) is 9.06. The number of aromatic amines is 1. The quantitative estimate of drug-likeness (QED) is 0.543. The number of hydrogen-bond donors (Lipinski definition) is 2. The largest absolute Gasteiger partial charge is 0.336 e. The van der Waals surface area contributed by atoms with Gasteiger partial charge >= 0.3 is 0 Å². The topological polar surface area (TPSA) is 129 Å². The van der Waals surface area contributed by atoms with E-state index in [2.05, 4.69) is 31.7 Å². The number of nitriles is 1. The second kappa shape index (κ2) is 6.03. The third-order valence-electron chi connectivity index (χ3n) is 4.49. The molecule has 0 atom stereocenters. The Morgan fingerprint density at radius 2 is 2.04 bits per heavy atom. The zero-order chi connectivity index (χ0) is 20.1. The number of benzene rings is 1. The van der Waals surface area contributed by atoms with Crippen LogP contribution >= 0.6 is 0 Å². The number of nitrogens with zero attached hydrogens (tertiary/aromatic N) is 5. The van der Waals surface area contributed by atoms with Crippen molar-refractivity contribution in [2.24, 2.45) is 0 Å². The summed E-state index contributed by atoms with van der Waals surface area (Å²) in [6.45, 7) is 3.52. The van der Waals surface area contributed by atoms with Crippen molar-refractivity contribution in [3.05, 3.63) is 36.8 Å². The number of sulfone groups is 1. The summed E-state index contributed by atoms with van der Waals surface area (Å²) in [7, 11) is -3.35. The van der Waals surface area contributed by atoms with Gasteiger partial charge in [0.05, 0.1) is 40.8 Å². The zero-order valence-corrected chi connectivity index (χ0v) is 16.2. The third-order valence-corrected chi connectivity index (χ3v) is 5.60. The van der Waals surface area contributed by atoms with Crippen LogP contribution in [0.3, 0.4) is 0 Å². The molecular weight excluding hydrogens is 378 g/mol. The highest BCUT2D eigenvalue weighted by molar-refractivity contribution is 7.90. The summed E-state index contributed by atoms with van der Waals surface area (Å²) in [5, 5.41) is 25.3. The molecule has 0 fully saturated rings. The van der Waals surface area contributed by atoms with Crippen molar-refractivity contribution in [2.45, 2.75) is 24.3 Å². The fourth-order valence-corrected chi connectivity index (χ4v) is 3.52. The first-order valence-electron chi connectivity index (χ1n) is 8.39. The summed E-state index contributed by atoms with van der Waals surface area (Å²) in [6.07, 6.45) is 6.15. The van der Waals surface area contributed by atoms with Crippen LogP contribution < -0.4 is 5.32 Å². The number of hydrogen-bond acceptors (Lipinski definition) is 7. The van der Waals surface area contributed by atoms with E-state index in [1.807, 2.05) is 0 Å². The van der Waals surface area contributed by atoms with Crippen molar-refractivity contribution in [3.8, 4) is 6.07 Å². The lowest BCUT2D eigenvalue weighted by Crippen LogP contribution is -2.24. The van der Waals surface area contributed by atoms with Crippen LogP contribution in [0.1, 0.15) is 13.8 Å². The first-order valence-corrected chi connectivity index (χ1v) is 10.3. The lowest BCUT2D eigenvalue weighted by Gasteiger charge is -2.15. The summed E-state index contributed by atoms with van der Waals surface area (Å²) in [6, 6.07) is 7.03. The Balaban J connectivity index is 1.84. The van der Waals surface area contributed by atoms with Gasteiger partial charge in [-0.05, 0) is 26.0 Å². The summed E-state index contributed by atoms with van der Waals surface area (Å²) in [5.41, 5.74) is 1.08. The maximum absolute atomic E-state index is 11.9. The molecule has 0 saturated carbocycles. The standard InChI is InChI=1S/C18H17N7O2S/c1-18(2,10-19)25-9-11(7-21-25)22-17-16-14(8-20-24-16)13-5-4-12(28(3,26)27)6-15(13)23-17/h4-9H,1-3H3,(H,20,24)(H,22,23). The lowest BCUT2D eigenvalue weighted by atomic mass is 10.1. The number of anilines is 2. The summed E-state index contributed by atoms with van der Waals surface area (Å²) >= 11 is 0. The Kier molecular flexibility index (Phi) is 3.87. The van der Waals surface area contributed by atoms with Crippen molar-refractivity contribution in [1.82, 2.24) is 25.0 Å². The normalized spacial score (nSPS) is 12.4. The van der Waals surface area contributed by atoms with E-state index >= 15 is 0 Å². The predicted octanol–water partition coefficient (Wildman–Crippen LogP) is 2.71. The minimum absolute atomic E-state index is 0.199. The van der Waals surface area contributed by atoms with Gasteiger partial charge in [0.25, 0.3) is 0 Å². The van der Waals surface area contributed by atoms with Crippen LogP contribution in [0.25, 0.3) is 21.8 Å². The first-order chi connectivity index (χ1) is 13.2. The molecule has 3 heterocycles. The van der Waals surface area contributed by atoms with E-state index in [-0.39, 0.29) is 4.90 Å². The van der Waals surface area contributed by atoms with E-state index in [0.717, 1.165) is 17.0 Å². The maximum atomic E-state index is 11.9. The average molecular weight is 395 g/mol. The van der Waals surface area contributed by atoms with Crippen molar-refractivity contribution in [2.75, 3.05) is 11.6 Å². The summed E-state index contributed by atoms with van der Waals surface area (Å²) in [4.78, 5) is 4.79. The monoisotopic (exact) mass is 395 g/mol. The molecule has 1 aromatic carbocycles. The minimum atomic E-state index is -3.35. The van der Waals surface area contributed by atoms with Gasteiger partial charge in [-0.25, -0.2) is 13.4 Å².